The van der Waals surface area contributed by atoms with Crippen LogP contribution in [0.2, 0.25) is 0 Å². The van der Waals surface area contributed by atoms with E-state index in [0.717, 1.165) is 31.7 Å². The summed E-state index contributed by atoms with van der Waals surface area (Å²) in [7, 11) is 0. The fourth-order valence-corrected chi connectivity index (χ4v) is 3.97. The Labute approximate surface area is 170 Å². The molecular formula is C23H26N4O2. The van der Waals surface area contributed by atoms with Crippen LogP contribution in [0.4, 0.5) is 5.69 Å². The summed E-state index contributed by atoms with van der Waals surface area (Å²) in [5.74, 6) is 0.134. The molecular weight excluding hydrogens is 364 g/mol. The van der Waals surface area contributed by atoms with E-state index >= 15 is 0 Å². The van der Waals surface area contributed by atoms with E-state index in [4.69, 9.17) is 0 Å². The molecule has 1 fully saturated rings. The van der Waals surface area contributed by atoms with Crippen molar-refractivity contribution >= 4 is 22.5 Å². The van der Waals surface area contributed by atoms with E-state index in [0.29, 0.717) is 18.4 Å². The molecule has 150 valence electrons. The van der Waals surface area contributed by atoms with Gasteiger partial charge in [-0.15, -0.1) is 0 Å². The first-order valence-corrected chi connectivity index (χ1v) is 10.1. The number of aryl methyl sites for hydroxylation is 2. The summed E-state index contributed by atoms with van der Waals surface area (Å²) >= 11 is 0. The lowest BCUT2D eigenvalue weighted by molar-refractivity contribution is -0.131. The number of piperazine rings is 1. The molecule has 2 aromatic carbocycles. The van der Waals surface area contributed by atoms with Gasteiger partial charge in [0, 0.05) is 43.7 Å². The molecule has 0 aliphatic carbocycles. The summed E-state index contributed by atoms with van der Waals surface area (Å²) in [5.41, 5.74) is 4.55. The number of hydrogen-bond acceptors (Lipinski definition) is 4. The number of hydrogen-bond donors (Lipinski definition) is 0. The van der Waals surface area contributed by atoms with Crippen LogP contribution in [0.25, 0.3) is 10.9 Å². The van der Waals surface area contributed by atoms with Crippen LogP contribution in [0, 0.1) is 13.8 Å². The zero-order valence-corrected chi connectivity index (χ0v) is 17.0. The van der Waals surface area contributed by atoms with Crippen molar-refractivity contribution in [2.45, 2.75) is 26.8 Å². The monoisotopic (exact) mass is 390 g/mol. The molecule has 6 nitrogen and oxygen atoms in total. The average molecular weight is 390 g/mol. The van der Waals surface area contributed by atoms with Crippen LogP contribution in [0.1, 0.15) is 17.5 Å². The van der Waals surface area contributed by atoms with Crippen LogP contribution in [-0.4, -0.2) is 46.8 Å². The summed E-state index contributed by atoms with van der Waals surface area (Å²) < 4.78 is 1.75. The van der Waals surface area contributed by atoms with Gasteiger partial charge in [-0.3, -0.25) is 14.3 Å². The number of amides is 1. The van der Waals surface area contributed by atoms with Crippen molar-refractivity contribution < 1.29 is 4.79 Å². The molecule has 29 heavy (non-hydrogen) atoms. The zero-order valence-electron chi connectivity index (χ0n) is 17.0. The number of nitrogens with zero attached hydrogens (tertiary/aromatic N) is 4. The fraction of sp³-hybridized carbons (Fsp3) is 0.348. The van der Waals surface area contributed by atoms with E-state index in [2.05, 4.69) is 42.0 Å². The second-order valence-electron chi connectivity index (χ2n) is 7.59. The lowest BCUT2D eigenvalue weighted by Crippen LogP contribution is -2.49. The van der Waals surface area contributed by atoms with Gasteiger partial charge in [0.2, 0.25) is 11.3 Å². The van der Waals surface area contributed by atoms with Gasteiger partial charge in [-0.25, -0.2) is 0 Å². The van der Waals surface area contributed by atoms with Gasteiger partial charge in [0.25, 0.3) is 0 Å². The lowest BCUT2D eigenvalue weighted by Gasteiger charge is -2.37. The molecule has 0 bridgehead atoms. The normalized spacial score (nSPS) is 14.4. The molecule has 2 heterocycles. The predicted octanol–water partition coefficient (Wildman–Crippen LogP) is 2.75. The third-order valence-corrected chi connectivity index (χ3v) is 5.85. The number of aromatic nitrogens is 2. The number of carbonyl (C=O) groups is 1. The fourth-order valence-electron chi connectivity index (χ4n) is 3.97. The van der Waals surface area contributed by atoms with E-state index in [1.165, 1.54) is 23.0 Å². The minimum Gasteiger partial charge on any atom is -0.368 e. The number of rotatable bonds is 4. The van der Waals surface area contributed by atoms with Gasteiger partial charge in [0.1, 0.15) is 0 Å². The van der Waals surface area contributed by atoms with Gasteiger partial charge in [-0.05, 0) is 43.2 Å². The standard InChI is InChI=1S/C23H26N4O2/c1-17-6-5-9-20(18(17)2)25-12-14-26(15-13-25)23(29)10-11-27-21-8-4-3-7-19(21)22(28)16-24-27/h3-9,16H,10-15H2,1-2H3. The van der Waals surface area contributed by atoms with E-state index in [1.54, 1.807) is 10.7 Å². The molecule has 1 aromatic heterocycles. The van der Waals surface area contributed by atoms with Crippen molar-refractivity contribution in [1.29, 1.82) is 0 Å². The van der Waals surface area contributed by atoms with Gasteiger partial charge in [-0.2, -0.15) is 5.10 Å². The first-order valence-electron chi connectivity index (χ1n) is 10.1. The van der Waals surface area contributed by atoms with E-state index in [-0.39, 0.29) is 11.3 Å². The molecule has 0 N–H and O–H groups in total. The number of para-hydroxylation sites is 1. The number of carbonyl (C=O) groups excluding carboxylic acids is 1. The summed E-state index contributed by atoms with van der Waals surface area (Å²) in [6.45, 7) is 7.90. The SMILES string of the molecule is Cc1cccc(N2CCN(C(=O)CCn3ncc(=O)c4ccccc43)CC2)c1C. The maximum absolute atomic E-state index is 12.7. The quantitative estimate of drug-likeness (QED) is 0.687. The third kappa shape index (κ3) is 3.88. The van der Waals surface area contributed by atoms with Crippen molar-refractivity contribution in [3.05, 3.63) is 70.0 Å². The minimum atomic E-state index is -0.0919. The van der Waals surface area contributed by atoms with Crippen LogP contribution < -0.4 is 10.3 Å². The molecule has 6 heteroatoms. The molecule has 0 saturated carbocycles. The number of fused-ring (bicyclic) bond motifs is 1. The van der Waals surface area contributed by atoms with Gasteiger partial charge >= 0.3 is 0 Å². The summed E-state index contributed by atoms with van der Waals surface area (Å²) in [6.07, 6.45) is 1.71. The Kier molecular flexibility index (Phi) is 5.34. The van der Waals surface area contributed by atoms with Gasteiger partial charge < -0.3 is 9.80 Å². The minimum absolute atomic E-state index is 0.0919. The molecule has 0 spiro atoms. The smallest absolute Gasteiger partial charge is 0.224 e. The lowest BCUT2D eigenvalue weighted by atomic mass is 10.1. The van der Waals surface area contributed by atoms with E-state index in [9.17, 15) is 9.59 Å². The second-order valence-corrected chi connectivity index (χ2v) is 7.59. The largest absolute Gasteiger partial charge is 0.368 e. The molecule has 1 amide bonds. The van der Waals surface area contributed by atoms with Crippen LogP contribution >= 0.6 is 0 Å². The first kappa shape index (κ1) is 19.2. The molecule has 0 unspecified atom stereocenters. The summed E-state index contributed by atoms with van der Waals surface area (Å²) in [4.78, 5) is 29.0. The molecule has 1 aliphatic heterocycles. The molecule has 0 radical (unpaired) electrons. The Hall–Kier alpha value is -3.15. The van der Waals surface area contributed by atoms with Crippen molar-refractivity contribution in [3.8, 4) is 0 Å². The molecule has 1 saturated heterocycles. The Morgan fingerprint density at radius 2 is 1.76 bits per heavy atom. The van der Waals surface area contributed by atoms with Crippen molar-refractivity contribution in [3.63, 3.8) is 0 Å². The summed E-state index contributed by atoms with van der Waals surface area (Å²) in [5, 5.41) is 4.85. The Morgan fingerprint density at radius 1 is 1.00 bits per heavy atom. The zero-order chi connectivity index (χ0) is 20.4. The highest BCUT2D eigenvalue weighted by Gasteiger charge is 2.22. The van der Waals surface area contributed by atoms with Crippen molar-refractivity contribution in [2.75, 3.05) is 31.1 Å². The predicted molar refractivity (Wildman–Crippen MR) is 115 cm³/mol. The maximum Gasteiger partial charge on any atom is 0.224 e. The van der Waals surface area contributed by atoms with Gasteiger partial charge in [0.05, 0.1) is 18.3 Å². The molecule has 1 aliphatic rings. The van der Waals surface area contributed by atoms with Gasteiger partial charge in [0.15, 0.2) is 0 Å². The van der Waals surface area contributed by atoms with Gasteiger partial charge in [-0.1, -0.05) is 24.3 Å². The molecule has 3 aromatic rings. The Bertz CT molecular complexity index is 1100. The summed E-state index contributed by atoms with van der Waals surface area (Å²) in [6, 6.07) is 13.8. The number of benzene rings is 2. The average Bonchev–Trinajstić information content (AvgIpc) is 2.75. The number of anilines is 1. The highest BCUT2D eigenvalue weighted by molar-refractivity contribution is 5.79. The topological polar surface area (TPSA) is 58.4 Å². The van der Waals surface area contributed by atoms with Crippen LogP contribution in [0.3, 0.4) is 0 Å². The Morgan fingerprint density at radius 3 is 2.55 bits per heavy atom. The highest BCUT2D eigenvalue weighted by atomic mass is 16.2. The second kappa shape index (κ2) is 8.07. The molecule has 0 atom stereocenters. The van der Waals surface area contributed by atoms with E-state index in [1.807, 2.05) is 23.1 Å². The maximum atomic E-state index is 12.7. The highest BCUT2D eigenvalue weighted by Crippen LogP contribution is 2.24. The Balaban J connectivity index is 1.38. The van der Waals surface area contributed by atoms with Crippen LogP contribution in [0.5, 0.6) is 0 Å². The van der Waals surface area contributed by atoms with E-state index < -0.39 is 0 Å². The van der Waals surface area contributed by atoms with Crippen molar-refractivity contribution in [1.82, 2.24) is 14.7 Å². The van der Waals surface area contributed by atoms with Crippen LogP contribution in [0.15, 0.2) is 53.5 Å². The third-order valence-electron chi connectivity index (χ3n) is 5.85. The van der Waals surface area contributed by atoms with Crippen LogP contribution in [-0.2, 0) is 11.3 Å². The van der Waals surface area contributed by atoms with Crippen molar-refractivity contribution in [2.24, 2.45) is 0 Å². The molecule has 4 rings (SSSR count). The first-order chi connectivity index (χ1) is 14.0.